The minimum atomic E-state index is -0.0466. The number of para-hydroxylation sites is 2. The Bertz CT molecular complexity index is 1130. The summed E-state index contributed by atoms with van der Waals surface area (Å²) in [4.78, 5) is 14.9. The summed E-state index contributed by atoms with van der Waals surface area (Å²) in [6, 6.07) is 19.8. The quantitative estimate of drug-likeness (QED) is 0.523. The number of hydrogen-bond donors (Lipinski definition) is 0. The van der Waals surface area contributed by atoms with E-state index >= 15 is 0 Å². The molecule has 0 radical (unpaired) electrons. The van der Waals surface area contributed by atoms with Crippen molar-refractivity contribution in [1.82, 2.24) is 24.5 Å². The van der Waals surface area contributed by atoms with Crippen LogP contribution in [0, 0.1) is 13.8 Å². The maximum Gasteiger partial charge on any atom is 0.257 e. The van der Waals surface area contributed by atoms with Crippen LogP contribution in [-0.2, 0) is 6.54 Å². The van der Waals surface area contributed by atoms with E-state index in [2.05, 4.69) is 10.2 Å². The Morgan fingerprint density at radius 1 is 0.966 bits per heavy atom. The predicted molar refractivity (Wildman–Crippen MR) is 112 cm³/mol. The average Bonchev–Trinajstić information content (AvgIpc) is 3.33. The number of amides is 1. The van der Waals surface area contributed by atoms with Crippen LogP contribution >= 0.6 is 0 Å². The van der Waals surface area contributed by atoms with Crippen molar-refractivity contribution in [3.63, 3.8) is 0 Å². The smallest absolute Gasteiger partial charge is 0.257 e. The number of hydrogen-bond acceptors (Lipinski definition) is 3. The second kappa shape index (κ2) is 7.75. The monoisotopic (exact) mass is 385 g/mol. The molecule has 29 heavy (non-hydrogen) atoms. The van der Waals surface area contributed by atoms with Gasteiger partial charge in [-0.2, -0.15) is 10.2 Å². The summed E-state index contributed by atoms with van der Waals surface area (Å²) in [5.74, 6) is -0.0466. The molecule has 4 rings (SSSR count). The molecule has 6 nitrogen and oxygen atoms in total. The van der Waals surface area contributed by atoms with Gasteiger partial charge in [-0.1, -0.05) is 36.4 Å². The highest BCUT2D eigenvalue weighted by molar-refractivity contribution is 5.96. The normalized spacial score (nSPS) is 10.9. The van der Waals surface area contributed by atoms with Crippen LogP contribution in [0.2, 0.25) is 0 Å². The molecule has 0 saturated carbocycles. The molecule has 0 fully saturated rings. The van der Waals surface area contributed by atoms with Crippen molar-refractivity contribution in [3.05, 3.63) is 95.6 Å². The lowest BCUT2D eigenvalue weighted by Gasteiger charge is -2.16. The second-order valence-electron chi connectivity index (χ2n) is 7.08. The first-order chi connectivity index (χ1) is 14.0. The lowest BCUT2D eigenvalue weighted by molar-refractivity contribution is 0.0783. The number of rotatable bonds is 5. The van der Waals surface area contributed by atoms with E-state index in [1.807, 2.05) is 90.1 Å². The largest absolute Gasteiger partial charge is 0.337 e. The molecule has 0 N–H and O–H groups in total. The van der Waals surface area contributed by atoms with Gasteiger partial charge in [-0.25, -0.2) is 9.36 Å². The van der Waals surface area contributed by atoms with Crippen LogP contribution in [0.25, 0.3) is 11.4 Å². The second-order valence-corrected chi connectivity index (χ2v) is 7.08. The lowest BCUT2D eigenvalue weighted by Crippen LogP contribution is -2.27. The topological polar surface area (TPSA) is 56.0 Å². The van der Waals surface area contributed by atoms with E-state index in [0.29, 0.717) is 12.1 Å². The molecular weight excluding hydrogens is 362 g/mol. The van der Waals surface area contributed by atoms with Gasteiger partial charge in [0.2, 0.25) is 0 Å². The van der Waals surface area contributed by atoms with Gasteiger partial charge in [-0.3, -0.25) is 4.79 Å². The number of aromatic nitrogens is 4. The highest BCUT2D eigenvalue weighted by Crippen LogP contribution is 2.20. The van der Waals surface area contributed by atoms with Gasteiger partial charge in [-0.05, 0) is 38.1 Å². The first-order valence-corrected chi connectivity index (χ1v) is 9.50. The van der Waals surface area contributed by atoms with Crippen LogP contribution < -0.4 is 0 Å². The van der Waals surface area contributed by atoms with Gasteiger partial charge in [0, 0.05) is 25.4 Å². The summed E-state index contributed by atoms with van der Waals surface area (Å²) >= 11 is 0. The van der Waals surface area contributed by atoms with Gasteiger partial charge in [-0.15, -0.1) is 0 Å². The fourth-order valence-corrected chi connectivity index (χ4v) is 3.47. The maximum absolute atomic E-state index is 13.2. The van der Waals surface area contributed by atoms with Crippen LogP contribution in [0.5, 0.6) is 0 Å². The summed E-state index contributed by atoms with van der Waals surface area (Å²) in [6.45, 7) is 4.28. The molecule has 0 bridgehead atoms. The lowest BCUT2D eigenvalue weighted by atomic mass is 10.1. The maximum atomic E-state index is 13.2. The molecule has 0 aliphatic carbocycles. The van der Waals surface area contributed by atoms with Crippen LogP contribution in [0.1, 0.15) is 27.3 Å². The Morgan fingerprint density at radius 3 is 2.24 bits per heavy atom. The zero-order chi connectivity index (χ0) is 20.4. The molecule has 2 heterocycles. The Morgan fingerprint density at radius 2 is 1.59 bits per heavy atom. The predicted octanol–water partition coefficient (Wildman–Crippen LogP) is 3.95. The van der Waals surface area contributed by atoms with Crippen molar-refractivity contribution in [2.75, 3.05) is 7.05 Å². The molecule has 0 saturated heterocycles. The molecule has 4 aromatic rings. The molecule has 0 aliphatic rings. The standard InChI is InChI=1S/C23H23N5O/c1-17-22(18(2)28(25-17)21-12-8-5-9-13-21)23(29)26(3)15-19-14-24-27(16-19)20-10-6-4-7-11-20/h4-14,16H,15H2,1-3H3. The average molecular weight is 385 g/mol. The van der Waals surface area contributed by atoms with Crippen molar-refractivity contribution in [3.8, 4) is 11.4 Å². The first-order valence-electron chi connectivity index (χ1n) is 9.50. The number of aryl methyl sites for hydroxylation is 1. The van der Waals surface area contributed by atoms with Crippen LogP contribution in [0.15, 0.2) is 73.1 Å². The van der Waals surface area contributed by atoms with E-state index in [1.54, 1.807) is 18.1 Å². The van der Waals surface area contributed by atoms with Gasteiger partial charge >= 0.3 is 0 Å². The highest BCUT2D eigenvalue weighted by Gasteiger charge is 2.22. The van der Waals surface area contributed by atoms with Crippen LogP contribution in [0.3, 0.4) is 0 Å². The van der Waals surface area contributed by atoms with Gasteiger partial charge in [0.1, 0.15) is 0 Å². The van der Waals surface area contributed by atoms with Crippen molar-refractivity contribution in [2.45, 2.75) is 20.4 Å². The molecule has 2 aromatic heterocycles. The molecule has 1 amide bonds. The third kappa shape index (κ3) is 3.69. The summed E-state index contributed by atoms with van der Waals surface area (Å²) < 4.78 is 3.64. The Balaban J connectivity index is 1.55. The molecule has 0 aliphatic heterocycles. The minimum absolute atomic E-state index is 0.0466. The minimum Gasteiger partial charge on any atom is -0.337 e. The van der Waals surface area contributed by atoms with E-state index in [1.165, 1.54) is 0 Å². The number of benzene rings is 2. The number of carbonyl (C=O) groups excluding carboxylic acids is 1. The first kappa shape index (κ1) is 18.7. The zero-order valence-corrected chi connectivity index (χ0v) is 16.8. The highest BCUT2D eigenvalue weighted by atomic mass is 16.2. The fourth-order valence-electron chi connectivity index (χ4n) is 3.47. The summed E-state index contributed by atoms with van der Waals surface area (Å²) in [7, 11) is 1.81. The molecule has 0 unspecified atom stereocenters. The van der Waals surface area contributed by atoms with E-state index in [-0.39, 0.29) is 5.91 Å². The van der Waals surface area contributed by atoms with E-state index < -0.39 is 0 Å². The Kier molecular flexibility index (Phi) is 4.99. The SMILES string of the molecule is Cc1nn(-c2ccccc2)c(C)c1C(=O)N(C)Cc1cnn(-c2ccccc2)c1. The molecule has 2 aromatic carbocycles. The van der Waals surface area contributed by atoms with E-state index in [9.17, 15) is 4.79 Å². The Labute approximate surface area is 170 Å². The third-order valence-electron chi connectivity index (χ3n) is 4.93. The van der Waals surface area contributed by atoms with Gasteiger partial charge in [0.25, 0.3) is 5.91 Å². The molecule has 146 valence electrons. The van der Waals surface area contributed by atoms with Crippen molar-refractivity contribution < 1.29 is 4.79 Å². The summed E-state index contributed by atoms with van der Waals surface area (Å²) in [5.41, 5.74) is 5.11. The van der Waals surface area contributed by atoms with Crippen molar-refractivity contribution in [2.24, 2.45) is 0 Å². The zero-order valence-electron chi connectivity index (χ0n) is 16.8. The van der Waals surface area contributed by atoms with Crippen LogP contribution in [0.4, 0.5) is 0 Å². The van der Waals surface area contributed by atoms with Gasteiger partial charge in [0.05, 0.1) is 34.5 Å². The van der Waals surface area contributed by atoms with E-state index in [4.69, 9.17) is 0 Å². The number of nitrogens with zero attached hydrogens (tertiary/aromatic N) is 5. The van der Waals surface area contributed by atoms with Crippen LogP contribution in [-0.4, -0.2) is 37.4 Å². The van der Waals surface area contributed by atoms with Gasteiger partial charge in [0.15, 0.2) is 0 Å². The fraction of sp³-hybridized carbons (Fsp3) is 0.174. The molecule has 0 atom stereocenters. The van der Waals surface area contributed by atoms with Gasteiger partial charge < -0.3 is 4.90 Å². The molecule has 0 spiro atoms. The summed E-state index contributed by atoms with van der Waals surface area (Å²) in [5, 5.41) is 9.00. The van der Waals surface area contributed by atoms with Crippen molar-refractivity contribution >= 4 is 5.91 Å². The number of carbonyl (C=O) groups is 1. The molecule has 6 heteroatoms. The van der Waals surface area contributed by atoms with E-state index in [0.717, 1.165) is 28.3 Å². The Hall–Kier alpha value is -3.67. The van der Waals surface area contributed by atoms with Crippen molar-refractivity contribution in [1.29, 1.82) is 0 Å². The molecular formula is C23H23N5O. The summed E-state index contributed by atoms with van der Waals surface area (Å²) in [6.07, 6.45) is 3.75. The third-order valence-corrected chi connectivity index (χ3v) is 4.93.